The fourth-order valence-electron chi connectivity index (χ4n) is 5.25. The molecule has 36 heavy (non-hydrogen) atoms. The summed E-state index contributed by atoms with van der Waals surface area (Å²) in [5.41, 5.74) is 2.68. The summed E-state index contributed by atoms with van der Waals surface area (Å²) in [5, 5.41) is 9.49. The van der Waals surface area contributed by atoms with Crippen LogP contribution in [0.15, 0.2) is 53.3 Å². The van der Waals surface area contributed by atoms with E-state index < -0.39 is 11.7 Å². The summed E-state index contributed by atoms with van der Waals surface area (Å²) in [6, 6.07) is 14.2. The number of hydrogen-bond acceptors (Lipinski definition) is 4. The van der Waals surface area contributed by atoms with Crippen molar-refractivity contribution >= 4 is 18.2 Å². The number of hydrogen-bond donors (Lipinski definition) is 1. The van der Waals surface area contributed by atoms with Crippen LogP contribution in [-0.4, -0.2) is 32.4 Å². The Morgan fingerprint density at radius 3 is 2.36 bits per heavy atom. The van der Waals surface area contributed by atoms with Crippen LogP contribution < -0.4 is 5.69 Å². The highest BCUT2D eigenvalue weighted by molar-refractivity contribution is 5.96. The first-order valence-corrected chi connectivity index (χ1v) is 12.7. The Morgan fingerprint density at radius 2 is 1.72 bits per heavy atom. The number of benzene rings is 2. The van der Waals surface area contributed by atoms with Crippen molar-refractivity contribution in [2.45, 2.75) is 64.8 Å². The topological polar surface area (TPSA) is 98.4 Å². The second kappa shape index (κ2) is 11.3. The van der Waals surface area contributed by atoms with Crippen molar-refractivity contribution in [2.75, 3.05) is 0 Å². The molecular weight excluding hydrogens is 456 g/mol. The first-order valence-electron chi connectivity index (χ1n) is 12.7. The minimum atomic E-state index is -0.994. The molecule has 1 fully saturated rings. The van der Waals surface area contributed by atoms with Gasteiger partial charge in [0.15, 0.2) is 6.29 Å². The molecule has 0 atom stereocenters. The van der Waals surface area contributed by atoms with Gasteiger partial charge in [0.25, 0.3) is 0 Å². The van der Waals surface area contributed by atoms with Crippen molar-refractivity contribution in [3.8, 4) is 11.1 Å². The summed E-state index contributed by atoms with van der Waals surface area (Å²) >= 11 is 0. The van der Waals surface area contributed by atoms with E-state index in [1.54, 1.807) is 24.3 Å². The standard InChI is InChI=1S/C29H32N2O5/c1-2-8-25-26(19-32)31(27(33)17-20-9-4-3-5-10-20)29(36)30(25)18-21-13-15-22(16-14-21)23-11-6-7-12-24(23)28(34)35/h6-7,11-16,19-20H,2-5,8-10,17-18H2,1H3,(H,34,35). The largest absolute Gasteiger partial charge is 0.478 e. The Labute approximate surface area is 210 Å². The van der Waals surface area contributed by atoms with Gasteiger partial charge >= 0.3 is 11.7 Å². The van der Waals surface area contributed by atoms with E-state index in [2.05, 4.69) is 0 Å². The molecule has 0 amide bonds. The van der Waals surface area contributed by atoms with E-state index >= 15 is 0 Å². The molecule has 0 saturated heterocycles. The van der Waals surface area contributed by atoms with Crippen LogP contribution in [0.25, 0.3) is 11.1 Å². The lowest BCUT2D eigenvalue weighted by Crippen LogP contribution is -2.31. The molecule has 0 radical (unpaired) electrons. The molecule has 1 aliphatic carbocycles. The molecule has 0 spiro atoms. The smallest absolute Gasteiger partial charge is 0.336 e. The van der Waals surface area contributed by atoms with Crippen molar-refractivity contribution in [3.63, 3.8) is 0 Å². The molecule has 1 heterocycles. The lowest BCUT2D eigenvalue weighted by atomic mass is 9.87. The normalized spacial score (nSPS) is 14.0. The summed E-state index contributed by atoms with van der Waals surface area (Å²) < 4.78 is 2.62. The number of rotatable bonds is 9. The molecule has 3 aromatic rings. The van der Waals surface area contributed by atoms with Gasteiger partial charge in [-0.05, 0) is 47.9 Å². The van der Waals surface area contributed by atoms with Gasteiger partial charge in [0.05, 0.1) is 17.8 Å². The Bertz CT molecular complexity index is 1310. The highest BCUT2D eigenvalue weighted by Crippen LogP contribution is 2.27. The van der Waals surface area contributed by atoms with Gasteiger partial charge in [-0.3, -0.25) is 14.2 Å². The van der Waals surface area contributed by atoms with Crippen molar-refractivity contribution in [1.82, 2.24) is 9.13 Å². The monoisotopic (exact) mass is 488 g/mol. The Balaban J connectivity index is 1.65. The predicted molar refractivity (Wildman–Crippen MR) is 138 cm³/mol. The molecule has 1 aliphatic rings. The summed E-state index contributed by atoms with van der Waals surface area (Å²) in [5.74, 6) is -1.03. The lowest BCUT2D eigenvalue weighted by molar-refractivity contribution is 0.0697. The molecule has 0 bridgehead atoms. The minimum absolute atomic E-state index is 0.162. The second-order valence-electron chi connectivity index (χ2n) is 9.55. The van der Waals surface area contributed by atoms with Gasteiger partial charge in [0.2, 0.25) is 5.91 Å². The van der Waals surface area contributed by atoms with Crippen LogP contribution in [0.4, 0.5) is 0 Å². The first-order chi connectivity index (χ1) is 17.4. The Morgan fingerprint density at radius 1 is 1.03 bits per heavy atom. The van der Waals surface area contributed by atoms with E-state index in [0.29, 0.717) is 24.0 Å². The van der Waals surface area contributed by atoms with Crippen molar-refractivity contribution in [3.05, 3.63) is 81.5 Å². The molecule has 2 aromatic carbocycles. The van der Waals surface area contributed by atoms with Crippen LogP contribution in [-0.2, 0) is 13.0 Å². The summed E-state index contributed by atoms with van der Waals surface area (Å²) in [4.78, 5) is 50.2. The van der Waals surface area contributed by atoms with Gasteiger partial charge in [0, 0.05) is 6.42 Å². The van der Waals surface area contributed by atoms with E-state index in [1.165, 1.54) is 11.0 Å². The molecular formula is C29H32N2O5. The average molecular weight is 489 g/mol. The number of aldehydes is 1. The molecule has 1 aromatic heterocycles. The quantitative estimate of drug-likeness (QED) is 0.405. The average Bonchev–Trinajstić information content (AvgIpc) is 3.15. The highest BCUT2D eigenvalue weighted by Gasteiger charge is 2.26. The van der Waals surface area contributed by atoms with Gasteiger partial charge in [-0.25, -0.2) is 14.2 Å². The number of imidazole rings is 1. The fraction of sp³-hybridized carbons (Fsp3) is 0.379. The number of aromatic nitrogens is 2. The number of carboxylic acid groups (broad SMARTS) is 1. The van der Waals surface area contributed by atoms with Crippen LogP contribution >= 0.6 is 0 Å². The van der Waals surface area contributed by atoms with Crippen LogP contribution in [0.3, 0.4) is 0 Å². The van der Waals surface area contributed by atoms with Crippen LogP contribution in [0.1, 0.15) is 88.8 Å². The van der Waals surface area contributed by atoms with Gasteiger partial charge in [0.1, 0.15) is 5.69 Å². The zero-order valence-electron chi connectivity index (χ0n) is 20.6. The third-order valence-corrected chi connectivity index (χ3v) is 7.08. The molecule has 0 aliphatic heterocycles. The van der Waals surface area contributed by atoms with Gasteiger partial charge in [-0.2, -0.15) is 0 Å². The molecule has 4 rings (SSSR count). The first kappa shape index (κ1) is 25.4. The van der Waals surface area contributed by atoms with Crippen LogP contribution in [0, 0.1) is 5.92 Å². The predicted octanol–water partition coefficient (Wildman–Crippen LogP) is 5.44. The lowest BCUT2D eigenvalue weighted by Gasteiger charge is -2.20. The maximum atomic E-state index is 13.4. The number of aromatic carboxylic acids is 1. The number of nitrogens with zero attached hydrogens (tertiary/aromatic N) is 2. The number of carbonyl (C=O) groups excluding carboxylic acids is 2. The number of carbonyl (C=O) groups is 3. The van der Waals surface area contributed by atoms with E-state index in [-0.39, 0.29) is 36.0 Å². The van der Waals surface area contributed by atoms with E-state index in [9.17, 15) is 24.3 Å². The third kappa shape index (κ3) is 5.25. The molecule has 0 unspecified atom stereocenters. The van der Waals surface area contributed by atoms with Crippen molar-refractivity contribution in [2.24, 2.45) is 5.92 Å². The molecule has 188 valence electrons. The third-order valence-electron chi connectivity index (χ3n) is 7.08. The van der Waals surface area contributed by atoms with Crippen molar-refractivity contribution < 1.29 is 19.5 Å². The second-order valence-corrected chi connectivity index (χ2v) is 9.55. The van der Waals surface area contributed by atoms with E-state index in [0.717, 1.165) is 47.8 Å². The molecule has 1 saturated carbocycles. The zero-order valence-corrected chi connectivity index (χ0v) is 20.6. The van der Waals surface area contributed by atoms with Gasteiger partial charge in [-0.1, -0.05) is 75.1 Å². The SMILES string of the molecule is CCCc1c(C=O)n(C(=O)CC2CCCCC2)c(=O)n1Cc1ccc(-c2ccccc2C(=O)O)cc1. The summed E-state index contributed by atoms with van der Waals surface area (Å²) in [6.45, 7) is 2.19. The van der Waals surface area contributed by atoms with E-state index in [4.69, 9.17) is 0 Å². The minimum Gasteiger partial charge on any atom is -0.478 e. The van der Waals surface area contributed by atoms with Crippen LogP contribution in [0.2, 0.25) is 0 Å². The summed E-state index contributed by atoms with van der Waals surface area (Å²) in [6.07, 6.45) is 7.51. The van der Waals surface area contributed by atoms with Crippen molar-refractivity contribution in [1.29, 1.82) is 0 Å². The summed E-state index contributed by atoms with van der Waals surface area (Å²) in [7, 11) is 0. The van der Waals surface area contributed by atoms with Crippen LogP contribution in [0.5, 0.6) is 0 Å². The maximum absolute atomic E-state index is 13.4. The maximum Gasteiger partial charge on any atom is 0.336 e. The molecule has 7 heteroatoms. The Kier molecular flexibility index (Phi) is 7.98. The van der Waals surface area contributed by atoms with Gasteiger partial charge < -0.3 is 5.11 Å². The zero-order chi connectivity index (χ0) is 25.7. The Hall–Kier alpha value is -3.74. The molecule has 1 N–H and O–H groups in total. The van der Waals surface area contributed by atoms with E-state index in [1.807, 2.05) is 31.2 Å². The fourth-order valence-corrected chi connectivity index (χ4v) is 5.25. The number of carboxylic acids is 1. The van der Waals surface area contributed by atoms with Gasteiger partial charge in [-0.15, -0.1) is 0 Å². The highest BCUT2D eigenvalue weighted by atomic mass is 16.4. The molecule has 7 nitrogen and oxygen atoms in total.